The first-order valence-corrected chi connectivity index (χ1v) is 6.94. The third-order valence-corrected chi connectivity index (χ3v) is 3.60. The molecule has 1 aromatic carbocycles. The number of carboxylic acids is 1. The molecule has 1 unspecified atom stereocenters. The monoisotopic (exact) mass is 289 g/mol. The average Bonchev–Trinajstić information content (AvgIpc) is 2.52. The van der Waals surface area contributed by atoms with E-state index in [-0.39, 0.29) is 17.4 Å². The molecule has 1 aromatic rings. The van der Waals surface area contributed by atoms with Crippen molar-refractivity contribution < 1.29 is 19.4 Å². The molecular formula is C16H19NO4. The van der Waals surface area contributed by atoms with Gasteiger partial charge in [0.1, 0.15) is 11.3 Å². The summed E-state index contributed by atoms with van der Waals surface area (Å²) in [5.74, 6) is -0.651. The second kappa shape index (κ2) is 6.92. The van der Waals surface area contributed by atoms with E-state index in [0.29, 0.717) is 12.3 Å². The highest BCUT2D eigenvalue weighted by Crippen LogP contribution is 2.21. The van der Waals surface area contributed by atoms with E-state index in [4.69, 9.17) is 9.84 Å². The number of amides is 1. The van der Waals surface area contributed by atoms with Crippen LogP contribution in [0.5, 0.6) is 5.75 Å². The fourth-order valence-corrected chi connectivity index (χ4v) is 2.39. The molecule has 0 aliphatic heterocycles. The fourth-order valence-electron chi connectivity index (χ4n) is 2.39. The van der Waals surface area contributed by atoms with Crippen molar-refractivity contribution in [3.63, 3.8) is 0 Å². The molecule has 112 valence electrons. The van der Waals surface area contributed by atoms with Crippen molar-refractivity contribution in [1.29, 1.82) is 0 Å². The first-order valence-electron chi connectivity index (χ1n) is 6.94. The highest BCUT2D eigenvalue weighted by atomic mass is 16.5. The molecule has 0 spiro atoms. The van der Waals surface area contributed by atoms with E-state index in [9.17, 15) is 9.59 Å². The number of methoxy groups -OCH3 is 1. The van der Waals surface area contributed by atoms with Gasteiger partial charge in [-0.05, 0) is 37.0 Å². The lowest BCUT2D eigenvalue weighted by Gasteiger charge is -2.17. The smallest absolute Gasteiger partial charge is 0.339 e. The van der Waals surface area contributed by atoms with Crippen LogP contribution >= 0.6 is 0 Å². The number of aromatic carboxylic acids is 1. The van der Waals surface area contributed by atoms with Gasteiger partial charge in [0.05, 0.1) is 7.11 Å². The van der Waals surface area contributed by atoms with Gasteiger partial charge in [0.2, 0.25) is 5.91 Å². The van der Waals surface area contributed by atoms with Gasteiger partial charge in [-0.2, -0.15) is 0 Å². The van der Waals surface area contributed by atoms with Crippen molar-refractivity contribution in [3.8, 4) is 5.75 Å². The minimum Gasteiger partial charge on any atom is -0.496 e. The molecule has 1 aliphatic rings. The molecule has 2 rings (SSSR count). The molecule has 5 heteroatoms. The number of carbonyl (C=O) groups excluding carboxylic acids is 1. The minimum atomic E-state index is -1.03. The standard InChI is InChI=1S/C16H19NO4/c1-21-14-9-11(7-8-13(14)16(19)20)10-17-15(18)12-5-3-2-4-6-12/h2-3,7-9,12H,4-6,10H2,1H3,(H,17,18)(H,19,20). The number of ether oxygens (including phenoxy) is 1. The quantitative estimate of drug-likeness (QED) is 0.816. The van der Waals surface area contributed by atoms with Gasteiger partial charge in [-0.15, -0.1) is 0 Å². The zero-order valence-electron chi connectivity index (χ0n) is 12.0. The summed E-state index contributed by atoms with van der Waals surface area (Å²) < 4.78 is 5.07. The summed E-state index contributed by atoms with van der Waals surface area (Å²) in [6.07, 6.45) is 6.74. The minimum absolute atomic E-state index is 0.0372. The lowest BCUT2D eigenvalue weighted by molar-refractivity contribution is -0.125. The normalized spacial score (nSPS) is 17.3. The molecule has 0 radical (unpaired) electrons. The molecule has 21 heavy (non-hydrogen) atoms. The molecule has 0 heterocycles. The van der Waals surface area contributed by atoms with E-state index >= 15 is 0 Å². The molecular weight excluding hydrogens is 270 g/mol. The highest BCUT2D eigenvalue weighted by molar-refractivity contribution is 5.91. The van der Waals surface area contributed by atoms with Gasteiger partial charge in [0.15, 0.2) is 0 Å². The lowest BCUT2D eigenvalue weighted by atomic mass is 9.93. The van der Waals surface area contributed by atoms with Gasteiger partial charge in [0.25, 0.3) is 0 Å². The number of hydrogen-bond acceptors (Lipinski definition) is 3. The Balaban J connectivity index is 1.98. The number of hydrogen-bond donors (Lipinski definition) is 2. The summed E-state index contributed by atoms with van der Waals surface area (Å²) in [5, 5.41) is 11.9. The zero-order chi connectivity index (χ0) is 15.2. The van der Waals surface area contributed by atoms with E-state index < -0.39 is 5.97 Å². The van der Waals surface area contributed by atoms with E-state index in [0.717, 1.165) is 24.8 Å². The van der Waals surface area contributed by atoms with Gasteiger partial charge in [0, 0.05) is 12.5 Å². The summed E-state index contributed by atoms with van der Waals surface area (Å²) >= 11 is 0. The summed E-state index contributed by atoms with van der Waals surface area (Å²) in [7, 11) is 1.43. The predicted octanol–water partition coefficient (Wildman–Crippen LogP) is 2.37. The number of carboxylic acid groups (broad SMARTS) is 1. The van der Waals surface area contributed by atoms with E-state index in [2.05, 4.69) is 11.4 Å². The van der Waals surface area contributed by atoms with Crippen molar-refractivity contribution in [2.75, 3.05) is 7.11 Å². The first kappa shape index (κ1) is 15.1. The highest BCUT2D eigenvalue weighted by Gasteiger charge is 2.18. The Morgan fingerprint density at radius 2 is 2.19 bits per heavy atom. The van der Waals surface area contributed by atoms with Gasteiger partial charge in [-0.1, -0.05) is 18.2 Å². The zero-order valence-corrected chi connectivity index (χ0v) is 12.0. The summed E-state index contributed by atoms with van der Waals surface area (Å²) in [4.78, 5) is 23.0. The Labute approximate surface area is 123 Å². The Morgan fingerprint density at radius 3 is 2.81 bits per heavy atom. The molecule has 5 nitrogen and oxygen atoms in total. The molecule has 0 saturated heterocycles. The van der Waals surface area contributed by atoms with E-state index in [1.807, 2.05) is 6.08 Å². The number of rotatable bonds is 5. The van der Waals surface area contributed by atoms with Crippen molar-refractivity contribution >= 4 is 11.9 Å². The third-order valence-electron chi connectivity index (χ3n) is 3.60. The first-order chi connectivity index (χ1) is 10.1. The van der Waals surface area contributed by atoms with Crippen LogP contribution in [-0.2, 0) is 11.3 Å². The summed E-state index contributed by atoms with van der Waals surface area (Å²) in [6.45, 7) is 0.370. The van der Waals surface area contributed by atoms with Crippen LogP contribution in [0.4, 0.5) is 0 Å². The molecule has 1 amide bonds. The van der Waals surface area contributed by atoms with Crippen LogP contribution in [0.2, 0.25) is 0 Å². The van der Waals surface area contributed by atoms with Crippen LogP contribution in [0, 0.1) is 5.92 Å². The Hall–Kier alpha value is -2.30. The predicted molar refractivity (Wildman–Crippen MR) is 78.3 cm³/mol. The van der Waals surface area contributed by atoms with Crippen molar-refractivity contribution in [2.45, 2.75) is 25.8 Å². The Bertz CT molecular complexity index is 565. The van der Waals surface area contributed by atoms with E-state index in [1.165, 1.54) is 13.2 Å². The van der Waals surface area contributed by atoms with Crippen LogP contribution in [0.1, 0.15) is 35.2 Å². The van der Waals surface area contributed by atoms with Gasteiger partial charge >= 0.3 is 5.97 Å². The van der Waals surface area contributed by atoms with Crippen LogP contribution in [0.25, 0.3) is 0 Å². The molecule has 1 aliphatic carbocycles. The SMILES string of the molecule is COc1cc(CNC(=O)C2CC=CCC2)ccc1C(=O)O. The maximum absolute atomic E-state index is 12.0. The largest absolute Gasteiger partial charge is 0.496 e. The van der Waals surface area contributed by atoms with Crippen LogP contribution in [0.3, 0.4) is 0 Å². The van der Waals surface area contributed by atoms with Crippen molar-refractivity contribution in [3.05, 3.63) is 41.5 Å². The van der Waals surface area contributed by atoms with Gasteiger partial charge in [-0.25, -0.2) is 4.79 Å². The maximum Gasteiger partial charge on any atom is 0.339 e. The topological polar surface area (TPSA) is 75.6 Å². The van der Waals surface area contributed by atoms with Crippen molar-refractivity contribution in [2.24, 2.45) is 5.92 Å². The molecule has 1 atom stereocenters. The lowest BCUT2D eigenvalue weighted by Crippen LogP contribution is -2.30. The molecule has 2 N–H and O–H groups in total. The third kappa shape index (κ3) is 3.84. The van der Waals surface area contributed by atoms with Crippen molar-refractivity contribution in [1.82, 2.24) is 5.32 Å². The molecule has 0 bridgehead atoms. The second-order valence-electron chi connectivity index (χ2n) is 5.04. The van der Waals surface area contributed by atoms with Crippen LogP contribution < -0.4 is 10.1 Å². The summed E-state index contributed by atoms with van der Waals surface area (Å²) in [6, 6.07) is 4.82. The second-order valence-corrected chi connectivity index (χ2v) is 5.04. The Kier molecular flexibility index (Phi) is 4.98. The number of carbonyl (C=O) groups is 2. The molecule has 0 saturated carbocycles. The number of allylic oxidation sites excluding steroid dienone is 2. The average molecular weight is 289 g/mol. The van der Waals surface area contributed by atoms with Gasteiger partial charge < -0.3 is 15.2 Å². The summed E-state index contributed by atoms with van der Waals surface area (Å²) in [5.41, 5.74) is 0.932. The van der Waals surface area contributed by atoms with Crippen LogP contribution in [0.15, 0.2) is 30.4 Å². The fraction of sp³-hybridized carbons (Fsp3) is 0.375. The van der Waals surface area contributed by atoms with Gasteiger partial charge in [-0.3, -0.25) is 4.79 Å². The number of nitrogens with one attached hydrogen (secondary N) is 1. The molecule has 0 fully saturated rings. The number of benzene rings is 1. The van der Waals surface area contributed by atoms with E-state index in [1.54, 1.807) is 12.1 Å². The van der Waals surface area contributed by atoms with Crippen LogP contribution in [-0.4, -0.2) is 24.1 Å². The Morgan fingerprint density at radius 1 is 1.38 bits per heavy atom. The maximum atomic E-state index is 12.0. The molecule has 0 aromatic heterocycles.